The zero-order valence-electron chi connectivity index (χ0n) is 37.0. The van der Waals surface area contributed by atoms with Gasteiger partial charge in [-0.3, -0.25) is 4.79 Å². The standard InChI is InChI=1S/C63H38N2O2S2/c66-61-41-35-33-39(64-51-25-9-1-17-43(51)62(44-18-2-10-26-52(44)64)47-21-5-13-29-57(47)68-58-30-14-6-22-48(58)62)37-55(41)67-56-38-40(34-36-42(56)61)65-53-27-11-3-19-45(53)63(46-20-4-12-28-54(46)65)49-23-7-15-31-59(49)69-60-32-16-8-24-50(60)63/h1-38H. The largest absolute Gasteiger partial charge is 0.456 e. The molecule has 0 radical (unpaired) electrons. The summed E-state index contributed by atoms with van der Waals surface area (Å²) in [4.78, 5) is 24.4. The molecule has 0 amide bonds. The van der Waals surface area contributed by atoms with Gasteiger partial charge in [0, 0.05) is 43.1 Å². The highest BCUT2D eigenvalue weighted by atomic mass is 32.2. The SMILES string of the molecule is O=c1c2ccc(N3c4ccccc4C4(c5ccccc5Sc5ccccc54)c4ccccc43)cc2oc2cc(N3c4ccccc4C4(c5ccccc5Sc5ccccc54)c4ccccc43)ccc12. The van der Waals surface area contributed by atoms with E-state index in [0.29, 0.717) is 21.9 Å². The molecule has 0 aliphatic carbocycles. The third kappa shape index (κ3) is 5.14. The lowest BCUT2D eigenvalue weighted by molar-refractivity contribution is 0.659. The van der Waals surface area contributed by atoms with Gasteiger partial charge in [0.1, 0.15) is 11.2 Å². The average molecular weight is 919 g/mol. The van der Waals surface area contributed by atoms with Crippen LogP contribution in [-0.2, 0) is 10.8 Å². The molecule has 5 heterocycles. The number of rotatable bonds is 2. The molecular formula is C63H38N2O2S2. The second kappa shape index (κ2) is 14.5. The first-order valence-electron chi connectivity index (χ1n) is 23.4. The van der Waals surface area contributed by atoms with Crippen LogP contribution in [0.2, 0.25) is 0 Å². The minimum absolute atomic E-state index is 0.0537. The van der Waals surface area contributed by atoms with Crippen LogP contribution in [0.15, 0.2) is 259 Å². The Balaban J connectivity index is 0.913. The third-order valence-corrected chi connectivity index (χ3v) is 17.3. The van der Waals surface area contributed by atoms with Gasteiger partial charge in [0.25, 0.3) is 0 Å². The van der Waals surface area contributed by atoms with Crippen molar-refractivity contribution in [2.45, 2.75) is 30.4 Å². The maximum atomic E-state index is 14.6. The van der Waals surface area contributed by atoms with Crippen molar-refractivity contribution >= 4 is 79.6 Å². The Bertz CT molecular complexity index is 3620. The summed E-state index contributed by atoms with van der Waals surface area (Å²) in [6.45, 7) is 0. The van der Waals surface area contributed by atoms with Crippen molar-refractivity contribution in [2.24, 2.45) is 0 Å². The van der Waals surface area contributed by atoms with E-state index in [0.717, 1.165) is 34.1 Å². The Hall–Kier alpha value is -8.03. The minimum atomic E-state index is -0.549. The van der Waals surface area contributed by atoms with Crippen LogP contribution < -0.4 is 15.2 Å². The Morgan fingerprint density at radius 1 is 0.319 bits per heavy atom. The molecule has 324 valence electrons. The molecular weight excluding hydrogens is 881 g/mol. The third-order valence-electron chi connectivity index (χ3n) is 15.0. The predicted molar refractivity (Wildman–Crippen MR) is 281 cm³/mol. The fraction of sp³-hybridized carbons (Fsp3) is 0.0317. The Kier molecular flexibility index (Phi) is 8.19. The molecule has 0 saturated heterocycles. The molecule has 10 aromatic carbocycles. The van der Waals surface area contributed by atoms with Crippen LogP contribution in [0.4, 0.5) is 34.1 Å². The highest BCUT2D eigenvalue weighted by Gasteiger charge is 2.52. The summed E-state index contributed by atoms with van der Waals surface area (Å²) < 4.78 is 6.99. The van der Waals surface area contributed by atoms with E-state index in [4.69, 9.17) is 4.42 Å². The average Bonchev–Trinajstić information content (AvgIpc) is 3.40. The maximum Gasteiger partial charge on any atom is 0.200 e. The van der Waals surface area contributed by atoms with Crippen molar-refractivity contribution < 1.29 is 4.42 Å². The summed E-state index contributed by atoms with van der Waals surface area (Å²) in [5, 5.41) is 1.09. The summed E-state index contributed by atoms with van der Waals surface area (Å²) in [5.74, 6) is 0. The number of para-hydroxylation sites is 4. The fourth-order valence-electron chi connectivity index (χ4n) is 12.3. The van der Waals surface area contributed by atoms with Gasteiger partial charge in [-0.1, -0.05) is 169 Å². The lowest BCUT2D eigenvalue weighted by atomic mass is 9.62. The van der Waals surface area contributed by atoms with E-state index in [1.807, 2.05) is 35.7 Å². The lowest BCUT2D eigenvalue weighted by Gasteiger charge is -2.49. The molecule has 0 N–H and O–H groups in total. The number of anilines is 6. The first kappa shape index (κ1) is 39.0. The molecule has 4 aliphatic heterocycles. The molecule has 69 heavy (non-hydrogen) atoms. The Morgan fingerprint density at radius 3 is 0.913 bits per heavy atom. The molecule has 0 saturated carbocycles. The molecule has 4 aliphatic rings. The maximum absolute atomic E-state index is 14.6. The van der Waals surface area contributed by atoms with Gasteiger partial charge in [-0.25, -0.2) is 0 Å². The van der Waals surface area contributed by atoms with Gasteiger partial charge in [-0.2, -0.15) is 0 Å². The van der Waals surface area contributed by atoms with E-state index in [9.17, 15) is 4.79 Å². The van der Waals surface area contributed by atoms with E-state index in [1.165, 1.54) is 64.1 Å². The van der Waals surface area contributed by atoms with Gasteiger partial charge in [0.15, 0.2) is 0 Å². The smallest absolute Gasteiger partial charge is 0.200 e. The first-order chi connectivity index (χ1) is 34.1. The molecule has 4 nitrogen and oxygen atoms in total. The summed E-state index contributed by atoms with van der Waals surface area (Å²) in [5.41, 5.74) is 16.0. The number of hydrogen-bond acceptors (Lipinski definition) is 6. The molecule has 11 aromatic rings. The quantitative estimate of drug-likeness (QED) is 0.161. The van der Waals surface area contributed by atoms with Crippen LogP contribution in [0.25, 0.3) is 21.9 Å². The van der Waals surface area contributed by atoms with Gasteiger partial charge in [0.2, 0.25) is 5.43 Å². The Labute approximate surface area is 407 Å². The van der Waals surface area contributed by atoms with Crippen molar-refractivity contribution in [2.75, 3.05) is 9.80 Å². The van der Waals surface area contributed by atoms with Crippen LogP contribution in [0.5, 0.6) is 0 Å². The van der Waals surface area contributed by atoms with E-state index >= 15 is 0 Å². The van der Waals surface area contributed by atoms with Gasteiger partial charge in [-0.05, 0) is 117 Å². The van der Waals surface area contributed by atoms with Gasteiger partial charge < -0.3 is 14.2 Å². The van der Waals surface area contributed by atoms with E-state index < -0.39 is 10.8 Å². The van der Waals surface area contributed by atoms with Gasteiger partial charge >= 0.3 is 0 Å². The monoisotopic (exact) mass is 918 g/mol. The molecule has 2 spiro atoms. The zero-order valence-corrected chi connectivity index (χ0v) is 38.6. The first-order valence-corrected chi connectivity index (χ1v) is 25.0. The normalized spacial score (nSPS) is 15.1. The highest BCUT2D eigenvalue weighted by Crippen LogP contribution is 2.64. The van der Waals surface area contributed by atoms with Gasteiger partial charge in [0.05, 0.1) is 44.4 Å². The van der Waals surface area contributed by atoms with Crippen molar-refractivity contribution in [1.29, 1.82) is 0 Å². The van der Waals surface area contributed by atoms with Crippen LogP contribution >= 0.6 is 23.5 Å². The zero-order chi connectivity index (χ0) is 45.4. The van der Waals surface area contributed by atoms with E-state index in [2.05, 4.69) is 228 Å². The van der Waals surface area contributed by atoms with Crippen molar-refractivity contribution in [3.8, 4) is 0 Å². The van der Waals surface area contributed by atoms with Crippen molar-refractivity contribution in [3.63, 3.8) is 0 Å². The van der Waals surface area contributed by atoms with Crippen LogP contribution in [-0.4, -0.2) is 0 Å². The Morgan fingerprint density at radius 2 is 0.594 bits per heavy atom. The molecule has 0 fully saturated rings. The topological polar surface area (TPSA) is 36.7 Å². The minimum Gasteiger partial charge on any atom is -0.456 e. The molecule has 0 unspecified atom stereocenters. The van der Waals surface area contributed by atoms with Crippen molar-refractivity contribution in [1.82, 2.24) is 0 Å². The molecule has 15 rings (SSSR count). The van der Waals surface area contributed by atoms with E-state index in [1.54, 1.807) is 0 Å². The van der Waals surface area contributed by atoms with Gasteiger partial charge in [-0.15, -0.1) is 0 Å². The summed E-state index contributed by atoms with van der Waals surface area (Å²) in [7, 11) is 0. The second-order valence-electron chi connectivity index (χ2n) is 18.2. The number of hydrogen-bond donors (Lipinski definition) is 0. The number of benzene rings is 10. The summed E-state index contributed by atoms with van der Waals surface area (Å²) >= 11 is 3.69. The van der Waals surface area contributed by atoms with Crippen LogP contribution in [0.3, 0.4) is 0 Å². The fourth-order valence-corrected chi connectivity index (χ4v) is 14.7. The molecule has 1 aromatic heterocycles. The summed E-state index contributed by atoms with van der Waals surface area (Å²) in [6.07, 6.45) is 0. The number of nitrogens with zero attached hydrogens (tertiary/aromatic N) is 2. The number of fused-ring (bicyclic) bond motifs is 18. The van der Waals surface area contributed by atoms with Crippen LogP contribution in [0, 0.1) is 0 Å². The molecule has 0 atom stereocenters. The molecule has 6 heteroatoms. The van der Waals surface area contributed by atoms with Crippen LogP contribution in [0.1, 0.15) is 44.5 Å². The summed E-state index contributed by atoms with van der Waals surface area (Å²) in [6, 6.07) is 82.9. The molecule has 0 bridgehead atoms. The highest BCUT2D eigenvalue weighted by molar-refractivity contribution is 7.99. The van der Waals surface area contributed by atoms with Crippen molar-refractivity contribution in [3.05, 3.63) is 285 Å². The second-order valence-corrected chi connectivity index (χ2v) is 20.4. The predicted octanol–water partition coefficient (Wildman–Crippen LogP) is 16.2. The lowest BCUT2D eigenvalue weighted by Crippen LogP contribution is -2.39. The van der Waals surface area contributed by atoms with E-state index in [-0.39, 0.29) is 5.43 Å².